The topological polar surface area (TPSA) is 86.3 Å². The van der Waals surface area contributed by atoms with E-state index in [0.29, 0.717) is 5.56 Å². The van der Waals surface area contributed by atoms with Gasteiger partial charge in [0.15, 0.2) is 0 Å². The summed E-state index contributed by atoms with van der Waals surface area (Å²) in [7, 11) is 0. The van der Waals surface area contributed by atoms with Crippen molar-refractivity contribution in [3.63, 3.8) is 0 Å². The van der Waals surface area contributed by atoms with E-state index in [2.05, 4.69) is 0 Å². The van der Waals surface area contributed by atoms with Crippen LogP contribution in [-0.4, -0.2) is 9.85 Å². The number of nitrogens with zero attached hydrogens (tertiary/aromatic N) is 2. The second-order valence-corrected chi connectivity index (χ2v) is 3.99. The second kappa shape index (κ2) is 5.38. The third kappa shape index (κ3) is 3.24. The Hall–Kier alpha value is -1.98. The highest BCUT2D eigenvalue weighted by Crippen LogP contribution is 2.29. The van der Waals surface area contributed by atoms with E-state index in [1.807, 2.05) is 13.8 Å². The van der Waals surface area contributed by atoms with Crippen molar-refractivity contribution in [1.82, 2.24) is 0 Å². The molecule has 0 N–H and O–H groups in total. The van der Waals surface area contributed by atoms with Crippen molar-refractivity contribution in [2.24, 2.45) is 0 Å². The third-order valence-corrected chi connectivity index (χ3v) is 2.64. The van der Waals surface area contributed by atoms with Crippen molar-refractivity contribution in [3.8, 4) is 0 Å². The fourth-order valence-corrected chi connectivity index (χ4v) is 1.71. The van der Waals surface area contributed by atoms with Crippen LogP contribution in [0.3, 0.4) is 0 Å². The van der Waals surface area contributed by atoms with Crippen LogP contribution in [0.1, 0.15) is 38.2 Å². The molecule has 0 aliphatic heterocycles. The number of benzene rings is 1. The van der Waals surface area contributed by atoms with Crippen LogP contribution in [0, 0.1) is 20.2 Å². The van der Waals surface area contributed by atoms with Gasteiger partial charge in [0.1, 0.15) is 0 Å². The van der Waals surface area contributed by atoms with Gasteiger partial charge in [-0.15, -0.1) is 0 Å². The monoisotopic (exact) mass is 238 g/mol. The molecule has 0 aliphatic rings. The minimum atomic E-state index is -0.602. The van der Waals surface area contributed by atoms with E-state index in [-0.39, 0.29) is 17.3 Å². The highest BCUT2D eigenvalue weighted by molar-refractivity contribution is 5.47. The molecule has 1 aromatic carbocycles. The van der Waals surface area contributed by atoms with Gasteiger partial charge in [-0.3, -0.25) is 20.2 Å². The molecule has 17 heavy (non-hydrogen) atoms. The standard InChI is InChI=1S/C11H14N2O4/c1-3-4-8(2)9-5-10(12(14)15)7-11(6-9)13(16)17/h5-8H,3-4H2,1-2H3. The van der Waals surface area contributed by atoms with Gasteiger partial charge in [-0.2, -0.15) is 0 Å². The van der Waals surface area contributed by atoms with Crippen molar-refractivity contribution in [1.29, 1.82) is 0 Å². The molecule has 0 aliphatic carbocycles. The van der Waals surface area contributed by atoms with E-state index in [4.69, 9.17) is 0 Å². The molecule has 1 rings (SSSR count). The van der Waals surface area contributed by atoms with E-state index >= 15 is 0 Å². The van der Waals surface area contributed by atoms with Crippen LogP contribution < -0.4 is 0 Å². The Labute approximate surface area is 98.6 Å². The first kappa shape index (κ1) is 13.1. The summed E-state index contributed by atoms with van der Waals surface area (Å²) >= 11 is 0. The smallest absolute Gasteiger partial charge is 0.258 e. The minimum absolute atomic E-state index is 0.0820. The van der Waals surface area contributed by atoms with E-state index in [1.165, 1.54) is 12.1 Å². The van der Waals surface area contributed by atoms with Crippen LogP contribution in [0.25, 0.3) is 0 Å². The molecule has 1 unspecified atom stereocenters. The molecule has 0 bridgehead atoms. The molecule has 0 heterocycles. The van der Waals surface area contributed by atoms with Gasteiger partial charge >= 0.3 is 0 Å². The van der Waals surface area contributed by atoms with Crippen molar-refractivity contribution in [2.45, 2.75) is 32.6 Å². The van der Waals surface area contributed by atoms with Gasteiger partial charge < -0.3 is 0 Å². The molecule has 0 radical (unpaired) electrons. The lowest BCUT2D eigenvalue weighted by Gasteiger charge is -2.09. The molecule has 92 valence electrons. The maximum Gasteiger partial charge on any atom is 0.276 e. The summed E-state index contributed by atoms with van der Waals surface area (Å²) in [5, 5.41) is 21.4. The van der Waals surface area contributed by atoms with E-state index in [9.17, 15) is 20.2 Å². The Morgan fingerprint density at radius 1 is 1.12 bits per heavy atom. The summed E-state index contributed by atoms with van der Waals surface area (Å²) in [4.78, 5) is 20.2. The normalized spacial score (nSPS) is 12.1. The average molecular weight is 238 g/mol. The zero-order chi connectivity index (χ0) is 13.0. The van der Waals surface area contributed by atoms with Gasteiger partial charge in [-0.1, -0.05) is 20.3 Å². The fourth-order valence-electron chi connectivity index (χ4n) is 1.71. The summed E-state index contributed by atoms with van der Waals surface area (Å²) in [5.74, 6) is 0.0820. The molecule has 0 saturated carbocycles. The van der Waals surface area contributed by atoms with Crippen LogP contribution in [0.5, 0.6) is 0 Å². The molecule has 6 heteroatoms. The van der Waals surface area contributed by atoms with Gasteiger partial charge in [0.2, 0.25) is 0 Å². The number of rotatable bonds is 5. The molecular weight excluding hydrogens is 224 g/mol. The predicted octanol–water partition coefficient (Wildman–Crippen LogP) is 3.41. The third-order valence-electron chi connectivity index (χ3n) is 2.64. The zero-order valence-corrected chi connectivity index (χ0v) is 9.75. The van der Waals surface area contributed by atoms with Crippen LogP contribution >= 0.6 is 0 Å². The Morgan fingerprint density at radius 3 is 1.94 bits per heavy atom. The Kier molecular flexibility index (Phi) is 4.14. The lowest BCUT2D eigenvalue weighted by Crippen LogP contribution is -1.98. The molecule has 0 aromatic heterocycles. The largest absolute Gasteiger partial charge is 0.276 e. The maximum absolute atomic E-state index is 10.7. The second-order valence-electron chi connectivity index (χ2n) is 3.99. The minimum Gasteiger partial charge on any atom is -0.258 e. The highest BCUT2D eigenvalue weighted by Gasteiger charge is 2.18. The van der Waals surface area contributed by atoms with Crippen LogP contribution in [0.2, 0.25) is 0 Å². The van der Waals surface area contributed by atoms with E-state index in [1.54, 1.807) is 0 Å². The predicted molar refractivity (Wildman–Crippen MR) is 63.1 cm³/mol. The summed E-state index contributed by atoms with van der Waals surface area (Å²) in [6, 6.07) is 3.81. The van der Waals surface area contributed by atoms with Gasteiger partial charge in [-0.25, -0.2) is 0 Å². The number of nitro groups is 2. The van der Waals surface area contributed by atoms with Gasteiger partial charge in [0.05, 0.1) is 15.9 Å². The zero-order valence-electron chi connectivity index (χ0n) is 9.75. The molecule has 6 nitrogen and oxygen atoms in total. The number of hydrogen-bond acceptors (Lipinski definition) is 4. The van der Waals surface area contributed by atoms with Gasteiger partial charge in [0, 0.05) is 12.1 Å². The quantitative estimate of drug-likeness (QED) is 0.581. The van der Waals surface area contributed by atoms with Crippen LogP contribution in [-0.2, 0) is 0 Å². The van der Waals surface area contributed by atoms with Crippen molar-refractivity contribution < 1.29 is 9.85 Å². The maximum atomic E-state index is 10.7. The molecule has 0 saturated heterocycles. The van der Waals surface area contributed by atoms with E-state index < -0.39 is 9.85 Å². The SMILES string of the molecule is CCCC(C)c1cc([N+](=O)[O-])cc([N+](=O)[O-])c1. The van der Waals surface area contributed by atoms with Crippen LogP contribution in [0.15, 0.2) is 18.2 Å². The number of hydrogen-bond donors (Lipinski definition) is 0. The average Bonchev–Trinajstić information content (AvgIpc) is 2.28. The van der Waals surface area contributed by atoms with Crippen molar-refractivity contribution >= 4 is 11.4 Å². The molecule has 1 aromatic rings. The summed E-state index contributed by atoms with van der Waals surface area (Å²) < 4.78 is 0. The number of non-ortho nitro benzene ring substituents is 2. The molecule has 0 amide bonds. The van der Waals surface area contributed by atoms with Crippen LogP contribution in [0.4, 0.5) is 11.4 Å². The lowest BCUT2D eigenvalue weighted by atomic mass is 9.96. The van der Waals surface area contributed by atoms with Gasteiger partial charge in [0.25, 0.3) is 11.4 Å². The first-order valence-electron chi connectivity index (χ1n) is 5.39. The van der Waals surface area contributed by atoms with E-state index in [0.717, 1.165) is 18.9 Å². The first-order valence-corrected chi connectivity index (χ1v) is 5.39. The summed E-state index contributed by atoms with van der Waals surface area (Å²) in [6.45, 7) is 3.91. The molecular formula is C11H14N2O4. The highest BCUT2D eigenvalue weighted by atomic mass is 16.6. The summed E-state index contributed by atoms with van der Waals surface area (Å²) in [6.07, 6.45) is 1.77. The Balaban J connectivity index is 3.21. The molecule has 0 spiro atoms. The summed E-state index contributed by atoms with van der Waals surface area (Å²) in [5.41, 5.74) is 0.196. The molecule has 0 fully saturated rings. The Morgan fingerprint density at radius 2 is 1.59 bits per heavy atom. The van der Waals surface area contributed by atoms with Crippen molar-refractivity contribution in [3.05, 3.63) is 44.0 Å². The fraction of sp³-hybridized carbons (Fsp3) is 0.455. The Bertz CT molecular complexity index is 413. The van der Waals surface area contributed by atoms with Crippen molar-refractivity contribution in [2.75, 3.05) is 0 Å². The van der Waals surface area contributed by atoms with Gasteiger partial charge in [-0.05, 0) is 17.9 Å². The molecule has 1 atom stereocenters. The first-order chi connectivity index (χ1) is 7.95. The number of nitro benzene ring substituents is 2. The lowest BCUT2D eigenvalue weighted by molar-refractivity contribution is -0.394.